The van der Waals surface area contributed by atoms with E-state index in [-0.39, 0.29) is 6.04 Å². The molecule has 1 heterocycles. The molecule has 0 aromatic heterocycles. The average molecular weight is 260 g/mol. The Morgan fingerprint density at radius 2 is 1.95 bits per heavy atom. The normalized spacial score (nSPS) is 24.1. The minimum Gasteiger partial charge on any atom is -0.326 e. The van der Waals surface area contributed by atoms with Crippen molar-refractivity contribution in [3.63, 3.8) is 0 Å². The highest BCUT2D eigenvalue weighted by molar-refractivity contribution is 5.25. The maximum absolute atomic E-state index is 6.31. The molecule has 2 heteroatoms. The van der Waals surface area contributed by atoms with Gasteiger partial charge in [0.05, 0.1) is 0 Å². The number of hydrogen-bond donors (Lipinski definition) is 1. The summed E-state index contributed by atoms with van der Waals surface area (Å²) < 4.78 is 0. The number of nitrogens with two attached hydrogens (primary N) is 1. The van der Waals surface area contributed by atoms with Gasteiger partial charge in [0.1, 0.15) is 0 Å². The van der Waals surface area contributed by atoms with Crippen molar-refractivity contribution in [2.24, 2.45) is 5.73 Å². The van der Waals surface area contributed by atoms with Crippen molar-refractivity contribution >= 4 is 0 Å². The molecule has 2 N–H and O–H groups in total. The molecule has 1 fully saturated rings. The molecule has 1 aliphatic heterocycles. The Morgan fingerprint density at radius 3 is 2.53 bits per heavy atom. The first-order valence-corrected chi connectivity index (χ1v) is 7.71. The van der Waals surface area contributed by atoms with Gasteiger partial charge in [0.15, 0.2) is 0 Å². The smallest absolute Gasteiger partial charge is 0.0499 e. The molecule has 2 rings (SSSR count). The van der Waals surface area contributed by atoms with Gasteiger partial charge in [-0.25, -0.2) is 0 Å². The van der Waals surface area contributed by atoms with Crippen molar-refractivity contribution in [3.8, 4) is 0 Å². The SMILES string of the molecule is CCC1CCCCN1C(c1ccc(C)cc1)C(C)N. The van der Waals surface area contributed by atoms with E-state index in [0.717, 1.165) is 0 Å². The lowest BCUT2D eigenvalue weighted by Crippen LogP contribution is -2.47. The summed E-state index contributed by atoms with van der Waals surface area (Å²) in [6, 6.07) is 10.2. The summed E-state index contributed by atoms with van der Waals surface area (Å²) in [4.78, 5) is 2.65. The summed E-state index contributed by atoms with van der Waals surface area (Å²) in [5.74, 6) is 0. The minimum absolute atomic E-state index is 0.176. The van der Waals surface area contributed by atoms with Crippen LogP contribution in [-0.4, -0.2) is 23.5 Å². The molecule has 106 valence electrons. The quantitative estimate of drug-likeness (QED) is 0.895. The molecule has 2 nitrogen and oxygen atoms in total. The standard InChI is InChI=1S/C17H28N2/c1-4-16-7-5-6-12-19(16)17(14(3)18)15-10-8-13(2)9-11-15/h8-11,14,16-17H,4-7,12,18H2,1-3H3. The average Bonchev–Trinajstić information content (AvgIpc) is 2.41. The molecule has 0 aliphatic carbocycles. The van der Waals surface area contributed by atoms with E-state index >= 15 is 0 Å². The second-order valence-electron chi connectivity index (χ2n) is 6.01. The van der Waals surface area contributed by atoms with Crippen molar-refractivity contribution in [2.45, 2.75) is 64.6 Å². The maximum Gasteiger partial charge on any atom is 0.0499 e. The molecule has 0 bridgehead atoms. The lowest BCUT2D eigenvalue weighted by Gasteiger charge is -2.43. The third-order valence-electron chi connectivity index (χ3n) is 4.42. The van der Waals surface area contributed by atoms with Crippen LogP contribution in [-0.2, 0) is 0 Å². The summed E-state index contributed by atoms with van der Waals surface area (Å²) in [5, 5.41) is 0. The van der Waals surface area contributed by atoms with E-state index in [1.165, 1.54) is 43.4 Å². The minimum atomic E-state index is 0.176. The van der Waals surface area contributed by atoms with Crippen molar-refractivity contribution in [2.75, 3.05) is 6.54 Å². The Kier molecular flexibility index (Phi) is 5.00. The predicted molar refractivity (Wildman–Crippen MR) is 82.2 cm³/mol. The van der Waals surface area contributed by atoms with E-state index in [1.54, 1.807) is 0 Å². The van der Waals surface area contributed by atoms with Gasteiger partial charge in [0.25, 0.3) is 0 Å². The van der Waals surface area contributed by atoms with E-state index in [1.807, 2.05) is 0 Å². The Hall–Kier alpha value is -0.860. The van der Waals surface area contributed by atoms with E-state index < -0.39 is 0 Å². The Balaban J connectivity index is 2.25. The molecule has 0 spiro atoms. The molecule has 1 saturated heterocycles. The lowest BCUT2D eigenvalue weighted by atomic mass is 9.91. The van der Waals surface area contributed by atoms with Crippen LogP contribution in [0.15, 0.2) is 24.3 Å². The van der Waals surface area contributed by atoms with Crippen LogP contribution in [0.1, 0.15) is 56.7 Å². The maximum atomic E-state index is 6.31. The van der Waals surface area contributed by atoms with Crippen LogP contribution >= 0.6 is 0 Å². The van der Waals surface area contributed by atoms with Crippen LogP contribution in [0.5, 0.6) is 0 Å². The molecule has 19 heavy (non-hydrogen) atoms. The van der Waals surface area contributed by atoms with Gasteiger partial charge < -0.3 is 5.73 Å². The molecule has 3 unspecified atom stereocenters. The molecular weight excluding hydrogens is 232 g/mol. The van der Waals surface area contributed by atoms with Crippen LogP contribution in [0.4, 0.5) is 0 Å². The van der Waals surface area contributed by atoms with Gasteiger partial charge in [-0.15, -0.1) is 0 Å². The summed E-state index contributed by atoms with van der Waals surface area (Å²) in [5.41, 5.74) is 9.01. The molecule has 1 aromatic carbocycles. The second kappa shape index (κ2) is 6.53. The van der Waals surface area contributed by atoms with Gasteiger partial charge in [0, 0.05) is 18.1 Å². The van der Waals surface area contributed by atoms with Crippen molar-refractivity contribution in [1.82, 2.24) is 4.90 Å². The fourth-order valence-electron chi connectivity index (χ4n) is 3.39. The van der Waals surface area contributed by atoms with Gasteiger partial charge >= 0.3 is 0 Å². The summed E-state index contributed by atoms with van der Waals surface area (Å²) >= 11 is 0. The highest BCUT2D eigenvalue weighted by atomic mass is 15.2. The Morgan fingerprint density at radius 1 is 1.26 bits per heavy atom. The van der Waals surface area contributed by atoms with Crippen molar-refractivity contribution in [1.29, 1.82) is 0 Å². The molecular formula is C17H28N2. The van der Waals surface area contributed by atoms with Crippen LogP contribution in [0, 0.1) is 6.92 Å². The van der Waals surface area contributed by atoms with Crippen LogP contribution in [0.2, 0.25) is 0 Å². The number of hydrogen-bond acceptors (Lipinski definition) is 2. The topological polar surface area (TPSA) is 29.3 Å². The molecule has 3 atom stereocenters. The first-order chi connectivity index (χ1) is 9.13. The zero-order chi connectivity index (χ0) is 13.8. The molecule has 0 radical (unpaired) electrons. The monoisotopic (exact) mass is 260 g/mol. The predicted octanol–water partition coefficient (Wildman–Crippen LogP) is 3.65. The van der Waals surface area contributed by atoms with E-state index in [9.17, 15) is 0 Å². The first kappa shape index (κ1) is 14.5. The number of nitrogens with zero attached hydrogens (tertiary/aromatic N) is 1. The van der Waals surface area contributed by atoms with Crippen LogP contribution < -0.4 is 5.73 Å². The van der Waals surface area contributed by atoms with Gasteiger partial charge in [-0.05, 0) is 45.2 Å². The number of rotatable bonds is 4. The third-order valence-corrected chi connectivity index (χ3v) is 4.42. The summed E-state index contributed by atoms with van der Waals surface area (Å²) in [7, 11) is 0. The largest absolute Gasteiger partial charge is 0.326 e. The van der Waals surface area contributed by atoms with Gasteiger partial charge in [-0.3, -0.25) is 4.90 Å². The third kappa shape index (κ3) is 3.37. The molecule has 0 saturated carbocycles. The zero-order valence-corrected chi connectivity index (χ0v) is 12.6. The van der Waals surface area contributed by atoms with Gasteiger partial charge in [-0.1, -0.05) is 43.2 Å². The van der Waals surface area contributed by atoms with Gasteiger partial charge in [0.2, 0.25) is 0 Å². The van der Waals surface area contributed by atoms with Crippen LogP contribution in [0.3, 0.4) is 0 Å². The highest BCUT2D eigenvalue weighted by Gasteiger charge is 2.30. The molecule has 1 aliphatic rings. The zero-order valence-electron chi connectivity index (χ0n) is 12.6. The number of piperidine rings is 1. The van der Waals surface area contributed by atoms with Crippen LogP contribution in [0.25, 0.3) is 0 Å². The molecule has 1 aromatic rings. The molecule has 0 amide bonds. The van der Waals surface area contributed by atoms with E-state index in [4.69, 9.17) is 5.73 Å². The summed E-state index contributed by atoms with van der Waals surface area (Å²) in [6.45, 7) is 7.78. The van der Waals surface area contributed by atoms with Crippen molar-refractivity contribution < 1.29 is 0 Å². The fourth-order valence-corrected chi connectivity index (χ4v) is 3.39. The lowest BCUT2D eigenvalue weighted by molar-refractivity contribution is 0.0797. The summed E-state index contributed by atoms with van der Waals surface area (Å²) in [6.07, 6.45) is 5.24. The number of aryl methyl sites for hydroxylation is 1. The van der Waals surface area contributed by atoms with Gasteiger partial charge in [-0.2, -0.15) is 0 Å². The van der Waals surface area contributed by atoms with E-state index in [0.29, 0.717) is 12.1 Å². The van der Waals surface area contributed by atoms with E-state index in [2.05, 4.69) is 49.9 Å². The Bertz CT molecular complexity index is 383. The van der Waals surface area contributed by atoms with Crippen molar-refractivity contribution in [3.05, 3.63) is 35.4 Å². The number of likely N-dealkylation sites (tertiary alicyclic amines) is 1. The Labute approximate surface area is 118 Å². The second-order valence-corrected chi connectivity index (χ2v) is 6.01. The number of benzene rings is 1. The fraction of sp³-hybridized carbons (Fsp3) is 0.647. The highest BCUT2D eigenvalue weighted by Crippen LogP contribution is 2.31. The first-order valence-electron chi connectivity index (χ1n) is 7.71.